The highest BCUT2D eigenvalue weighted by atomic mass is 19.3. The molecular weight excluding hydrogens is 430 g/mol. The summed E-state index contributed by atoms with van der Waals surface area (Å²) in [6.45, 7) is -2.27. The van der Waals surface area contributed by atoms with Crippen LogP contribution in [0.4, 0.5) is 20.2 Å². The zero-order chi connectivity index (χ0) is 23.4. The number of benzene rings is 2. The molecule has 33 heavy (non-hydrogen) atoms. The van der Waals surface area contributed by atoms with Crippen molar-refractivity contribution in [2.45, 2.75) is 31.8 Å². The number of carboxylic acid groups (broad SMARTS) is 1. The largest absolute Gasteiger partial charge is 0.493 e. The van der Waals surface area contributed by atoms with Gasteiger partial charge in [-0.2, -0.15) is 8.78 Å². The highest BCUT2D eigenvalue weighted by molar-refractivity contribution is 5.89. The maximum Gasteiger partial charge on any atom is 0.387 e. The van der Waals surface area contributed by atoms with E-state index in [2.05, 4.69) is 9.72 Å². The number of halogens is 2. The molecule has 0 radical (unpaired) electrons. The van der Waals surface area contributed by atoms with E-state index in [1.54, 1.807) is 18.3 Å². The SMILES string of the molecule is CN(c1ccc(OC(F)F)cc1)c1ccc2c(c1)OCC[C@H]2CCc1cnccc1C(=O)O. The van der Waals surface area contributed by atoms with Gasteiger partial charge in [0.1, 0.15) is 11.5 Å². The Morgan fingerprint density at radius 3 is 2.70 bits per heavy atom. The molecule has 0 saturated carbocycles. The Bertz CT molecular complexity index is 1120. The van der Waals surface area contributed by atoms with Gasteiger partial charge >= 0.3 is 12.6 Å². The molecule has 0 amide bonds. The van der Waals surface area contributed by atoms with Gasteiger partial charge < -0.3 is 19.5 Å². The van der Waals surface area contributed by atoms with Gasteiger partial charge in [0.05, 0.1) is 12.2 Å². The van der Waals surface area contributed by atoms with Gasteiger partial charge in [-0.25, -0.2) is 4.79 Å². The van der Waals surface area contributed by atoms with Gasteiger partial charge in [0.15, 0.2) is 0 Å². The number of aryl methyl sites for hydroxylation is 1. The Morgan fingerprint density at radius 1 is 1.21 bits per heavy atom. The van der Waals surface area contributed by atoms with Gasteiger partial charge in [0.25, 0.3) is 0 Å². The second-order valence-electron chi connectivity index (χ2n) is 7.86. The molecule has 0 aliphatic carbocycles. The summed E-state index contributed by atoms with van der Waals surface area (Å²) in [4.78, 5) is 17.5. The molecule has 1 aromatic heterocycles. The fourth-order valence-electron chi connectivity index (χ4n) is 4.13. The van der Waals surface area contributed by atoms with Crippen LogP contribution in [-0.2, 0) is 6.42 Å². The van der Waals surface area contributed by atoms with Crippen LogP contribution in [0, 0.1) is 0 Å². The Hall–Kier alpha value is -3.68. The van der Waals surface area contributed by atoms with E-state index in [-0.39, 0.29) is 11.7 Å². The van der Waals surface area contributed by atoms with Crippen LogP contribution in [0.3, 0.4) is 0 Å². The van der Waals surface area contributed by atoms with Crippen LogP contribution in [0.2, 0.25) is 0 Å². The molecule has 4 rings (SSSR count). The molecule has 2 aromatic carbocycles. The van der Waals surface area contributed by atoms with Crippen molar-refractivity contribution in [3.8, 4) is 11.5 Å². The van der Waals surface area contributed by atoms with Crippen molar-refractivity contribution < 1.29 is 28.2 Å². The third-order valence-corrected chi connectivity index (χ3v) is 5.89. The topological polar surface area (TPSA) is 71.9 Å². The number of ether oxygens (including phenoxy) is 2. The fourth-order valence-corrected chi connectivity index (χ4v) is 4.13. The number of anilines is 2. The van der Waals surface area contributed by atoms with Gasteiger partial charge in [-0.3, -0.25) is 4.98 Å². The lowest BCUT2D eigenvalue weighted by molar-refractivity contribution is -0.0498. The first-order chi connectivity index (χ1) is 15.9. The van der Waals surface area contributed by atoms with Gasteiger partial charge in [-0.05, 0) is 72.7 Å². The molecule has 6 nitrogen and oxygen atoms in total. The van der Waals surface area contributed by atoms with Crippen LogP contribution >= 0.6 is 0 Å². The van der Waals surface area contributed by atoms with Gasteiger partial charge in [0, 0.05) is 36.9 Å². The van der Waals surface area contributed by atoms with E-state index in [4.69, 9.17) is 4.74 Å². The summed E-state index contributed by atoms with van der Waals surface area (Å²) >= 11 is 0. The van der Waals surface area contributed by atoms with Crippen molar-refractivity contribution in [3.63, 3.8) is 0 Å². The van der Waals surface area contributed by atoms with E-state index >= 15 is 0 Å². The van der Waals surface area contributed by atoms with Gasteiger partial charge in [-0.1, -0.05) is 6.07 Å². The number of alkyl halides is 2. The van der Waals surface area contributed by atoms with Crippen molar-refractivity contribution in [3.05, 3.63) is 77.6 Å². The standard InChI is InChI=1S/C25H24F2N2O4/c1-29(18-4-7-20(8-5-18)33-25(26)27)19-6-9-21-16(11-13-32-23(21)14-19)2-3-17-15-28-12-10-22(17)24(30)31/h4-10,12,14-16,25H,2-3,11,13H2,1H3,(H,30,31)/t16-/m1/s1. The fraction of sp³-hybridized carbons (Fsp3) is 0.280. The average Bonchev–Trinajstić information content (AvgIpc) is 2.82. The maximum absolute atomic E-state index is 12.4. The monoisotopic (exact) mass is 454 g/mol. The average molecular weight is 454 g/mol. The van der Waals surface area contributed by atoms with Crippen LogP contribution in [-0.4, -0.2) is 36.3 Å². The number of hydrogen-bond acceptors (Lipinski definition) is 5. The number of carbonyl (C=O) groups is 1. The molecule has 1 atom stereocenters. The first kappa shape index (κ1) is 22.5. The van der Waals surface area contributed by atoms with E-state index in [9.17, 15) is 18.7 Å². The number of rotatable bonds is 8. The first-order valence-electron chi connectivity index (χ1n) is 10.6. The Kier molecular flexibility index (Phi) is 6.72. The zero-order valence-corrected chi connectivity index (χ0v) is 18.1. The first-order valence-corrected chi connectivity index (χ1v) is 10.6. The zero-order valence-electron chi connectivity index (χ0n) is 18.1. The van der Waals surface area contributed by atoms with Crippen molar-refractivity contribution in [1.82, 2.24) is 4.98 Å². The minimum atomic E-state index is -2.85. The Labute approximate surface area is 190 Å². The molecule has 172 valence electrons. The molecule has 1 aliphatic rings. The molecule has 2 heterocycles. The second-order valence-corrected chi connectivity index (χ2v) is 7.86. The van der Waals surface area contributed by atoms with Crippen molar-refractivity contribution in [1.29, 1.82) is 0 Å². The maximum atomic E-state index is 12.4. The molecule has 1 N–H and O–H groups in total. The third kappa shape index (κ3) is 5.22. The van der Waals surface area contributed by atoms with E-state index in [1.807, 2.05) is 30.1 Å². The molecule has 0 fully saturated rings. The number of aromatic nitrogens is 1. The summed E-state index contributed by atoms with van der Waals surface area (Å²) in [7, 11) is 1.89. The Morgan fingerprint density at radius 2 is 1.97 bits per heavy atom. The molecule has 0 saturated heterocycles. The number of aromatic carboxylic acids is 1. The number of fused-ring (bicyclic) bond motifs is 1. The Balaban J connectivity index is 1.48. The quantitative estimate of drug-likeness (QED) is 0.474. The van der Waals surface area contributed by atoms with Crippen LogP contribution in [0.1, 0.15) is 40.2 Å². The molecule has 0 unspecified atom stereocenters. The lowest BCUT2D eigenvalue weighted by atomic mass is 9.87. The summed E-state index contributed by atoms with van der Waals surface area (Å²) in [5.41, 5.74) is 3.84. The van der Waals surface area contributed by atoms with Gasteiger partial charge in [-0.15, -0.1) is 0 Å². The van der Waals surface area contributed by atoms with Crippen molar-refractivity contribution in [2.24, 2.45) is 0 Å². The minimum absolute atomic E-state index is 0.110. The van der Waals surface area contributed by atoms with Crippen molar-refractivity contribution >= 4 is 17.3 Å². The molecular formula is C25H24F2N2O4. The lowest BCUT2D eigenvalue weighted by Gasteiger charge is -2.28. The van der Waals surface area contributed by atoms with Crippen LogP contribution in [0.5, 0.6) is 11.5 Å². The van der Waals surface area contributed by atoms with Crippen LogP contribution < -0.4 is 14.4 Å². The molecule has 0 bridgehead atoms. The predicted octanol–water partition coefficient (Wildman–Crippen LogP) is 5.65. The van der Waals surface area contributed by atoms with E-state index in [1.165, 1.54) is 24.4 Å². The summed E-state index contributed by atoms with van der Waals surface area (Å²) in [6, 6.07) is 14.0. The minimum Gasteiger partial charge on any atom is -0.493 e. The lowest BCUT2D eigenvalue weighted by Crippen LogP contribution is -2.17. The number of nitrogens with zero attached hydrogens (tertiary/aromatic N) is 2. The molecule has 3 aromatic rings. The highest BCUT2D eigenvalue weighted by Crippen LogP contribution is 2.40. The predicted molar refractivity (Wildman–Crippen MR) is 120 cm³/mol. The normalized spacial score (nSPS) is 15.0. The van der Waals surface area contributed by atoms with E-state index in [0.29, 0.717) is 18.6 Å². The summed E-state index contributed by atoms with van der Waals surface area (Å²) in [6.07, 6.45) is 5.39. The smallest absolute Gasteiger partial charge is 0.387 e. The van der Waals surface area contributed by atoms with Crippen LogP contribution in [0.25, 0.3) is 0 Å². The number of carboxylic acids is 1. The second kappa shape index (κ2) is 9.85. The number of pyridine rings is 1. The summed E-state index contributed by atoms with van der Waals surface area (Å²) in [5, 5.41) is 9.40. The summed E-state index contributed by atoms with van der Waals surface area (Å²) < 4.78 is 35.1. The highest BCUT2D eigenvalue weighted by Gasteiger charge is 2.23. The summed E-state index contributed by atoms with van der Waals surface area (Å²) in [5.74, 6) is 0.221. The number of hydrogen-bond donors (Lipinski definition) is 1. The van der Waals surface area contributed by atoms with Crippen LogP contribution in [0.15, 0.2) is 60.9 Å². The van der Waals surface area contributed by atoms with E-state index < -0.39 is 12.6 Å². The third-order valence-electron chi connectivity index (χ3n) is 5.89. The molecule has 0 spiro atoms. The van der Waals surface area contributed by atoms with E-state index in [0.717, 1.165) is 41.1 Å². The van der Waals surface area contributed by atoms with Crippen molar-refractivity contribution in [2.75, 3.05) is 18.6 Å². The van der Waals surface area contributed by atoms with Gasteiger partial charge in [0.2, 0.25) is 0 Å². The molecule has 8 heteroatoms. The molecule has 1 aliphatic heterocycles.